The number of ether oxygens (including phenoxy) is 4. The molecule has 2 heterocycles. The van der Waals surface area contributed by atoms with E-state index in [9.17, 15) is 14.7 Å². The zero-order chi connectivity index (χ0) is 23.0. The van der Waals surface area contributed by atoms with Crippen molar-refractivity contribution >= 4 is 12.1 Å². The van der Waals surface area contributed by atoms with Crippen molar-refractivity contribution in [2.24, 2.45) is 5.92 Å². The molecule has 4 rings (SSSR count). The highest BCUT2D eigenvalue weighted by Gasteiger charge is 2.50. The van der Waals surface area contributed by atoms with Gasteiger partial charge in [-0.3, -0.25) is 9.69 Å². The van der Waals surface area contributed by atoms with Crippen LogP contribution in [0.15, 0.2) is 42.5 Å². The molecule has 8 heteroatoms. The lowest BCUT2D eigenvalue weighted by Crippen LogP contribution is -2.38. The highest BCUT2D eigenvalue weighted by atomic mass is 16.7. The van der Waals surface area contributed by atoms with Crippen molar-refractivity contribution in [3.63, 3.8) is 0 Å². The second-order valence-electron chi connectivity index (χ2n) is 8.93. The van der Waals surface area contributed by atoms with Crippen LogP contribution < -0.4 is 14.2 Å². The summed E-state index contributed by atoms with van der Waals surface area (Å²) < 4.78 is 21.7. The number of carbonyl (C=O) groups is 2. The molecule has 8 nitrogen and oxygen atoms in total. The maximum atomic E-state index is 13.1. The maximum Gasteiger partial charge on any atom is 0.410 e. The van der Waals surface area contributed by atoms with Crippen LogP contribution in [0, 0.1) is 5.92 Å². The topological polar surface area (TPSA) is 94.5 Å². The van der Waals surface area contributed by atoms with E-state index in [2.05, 4.69) is 0 Å². The Balaban J connectivity index is 1.76. The van der Waals surface area contributed by atoms with Gasteiger partial charge in [0.2, 0.25) is 6.79 Å². The van der Waals surface area contributed by atoms with Crippen molar-refractivity contribution in [3.05, 3.63) is 53.6 Å². The van der Waals surface area contributed by atoms with Crippen molar-refractivity contribution in [2.45, 2.75) is 38.3 Å². The molecule has 1 fully saturated rings. The van der Waals surface area contributed by atoms with Crippen LogP contribution in [0.2, 0.25) is 0 Å². The first-order valence-electron chi connectivity index (χ1n) is 10.4. The summed E-state index contributed by atoms with van der Waals surface area (Å²) in [6.07, 6.45) is -0.548. The SMILES string of the molecule is COc1ccc(C2C(C(=O)O)C(c3ccc4c(c3)OCO4)CN2C(=O)OC(C)(C)C)cc1. The molecule has 0 spiro atoms. The molecule has 2 aromatic rings. The Labute approximate surface area is 186 Å². The molecule has 1 saturated heterocycles. The minimum atomic E-state index is -0.987. The highest BCUT2D eigenvalue weighted by molar-refractivity contribution is 5.77. The second kappa shape index (κ2) is 8.26. The second-order valence-corrected chi connectivity index (χ2v) is 8.93. The number of benzene rings is 2. The smallest absolute Gasteiger partial charge is 0.410 e. The summed E-state index contributed by atoms with van der Waals surface area (Å²) in [5, 5.41) is 10.2. The number of likely N-dealkylation sites (tertiary alicyclic amines) is 1. The summed E-state index contributed by atoms with van der Waals surface area (Å²) >= 11 is 0. The van der Waals surface area contributed by atoms with Gasteiger partial charge in [0, 0.05) is 12.5 Å². The Kier molecular flexibility index (Phi) is 5.62. The van der Waals surface area contributed by atoms with Crippen LogP contribution in [0.5, 0.6) is 17.2 Å². The lowest BCUT2D eigenvalue weighted by atomic mass is 9.83. The predicted octanol–water partition coefficient (Wildman–Crippen LogP) is 4.20. The van der Waals surface area contributed by atoms with Crippen molar-refractivity contribution in [1.82, 2.24) is 4.90 Å². The molecule has 0 saturated carbocycles. The average Bonchev–Trinajstić information content (AvgIpc) is 3.36. The average molecular weight is 441 g/mol. The van der Waals surface area contributed by atoms with E-state index in [1.165, 1.54) is 4.90 Å². The fraction of sp³-hybridized carbons (Fsp3) is 0.417. The van der Waals surface area contributed by atoms with Crippen molar-refractivity contribution in [1.29, 1.82) is 0 Å². The molecule has 2 aliphatic heterocycles. The number of amides is 1. The highest BCUT2D eigenvalue weighted by Crippen LogP contribution is 2.48. The molecule has 0 bridgehead atoms. The number of carboxylic acid groups (broad SMARTS) is 1. The van der Waals surface area contributed by atoms with Crippen LogP contribution in [-0.2, 0) is 9.53 Å². The van der Waals surface area contributed by atoms with E-state index in [0.717, 1.165) is 5.56 Å². The van der Waals surface area contributed by atoms with Crippen LogP contribution in [0.1, 0.15) is 43.9 Å². The zero-order valence-corrected chi connectivity index (χ0v) is 18.5. The number of carboxylic acids is 1. The first-order chi connectivity index (χ1) is 15.2. The van der Waals surface area contributed by atoms with Crippen LogP contribution in [-0.4, -0.2) is 48.1 Å². The minimum Gasteiger partial charge on any atom is -0.497 e. The van der Waals surface area contributed by atoms with Crippen LogP contribution in [0.25, 0.3) is 0 Å². The summed E-state index contributed by atoms with van der Waals surface area (Å²) in [5.74, 6) is -0.482. The van der Waals surface area contributed by atoms with E-state index in [1.807, 2.05) is 6.07 Å². The number of nitrogens with zero attached hydrogens (tertiary/aromatic N) is 1. The summed E-state index contributed by atoms with van der Waals surface area (Å²) in [7, 11) is 1.56. The minimum absolute atomic E-state index is 0.129. The number of hydrogen-bond donors (Lipinski definition) is 1. The quantitative estimate of drug-likeness (QED) is 0.760. The molecule has 3 atom stereocenters. The standard InChI is InChI=1S/C24H27NO7/c1-24(2,3)32-23(28)25-12-17(15-7-10-18-19(11-15)31-13-30-18)20(22(26)27)21(25)14-5-8-16(29-4)9-6-14/h5-11,17,20-21H,12-13H2,1-4H3,(H,26,27). The molecule has 2 aromatic carbocycles. The van der Waals surface area contributed by atoms with E-state index in [0.29, 0.717) is 22.8 Å². The molecule has 0 aromatic heterocycles. The Bertz CT molecular complexity index is 1010. The third-order valence-electron chi connectivity index (χ3n) is 5.70. The number of fused-ring (bicyclic) bond motifs is 1. The van der Waals surface area contributed by atoms with E-state index in [4.69, 9.17) is 18.9 Å². The van der Waals surface area contributed by atoms with Gasteiger partial charge in [-0.1, -0.05) is 18.2 Å². The van der Waals surface area contributed by atoms with Gasteiger partial charge in [-0.25, -0.2) is 4.79 Å². The van der Waals surface area contributed by atoms with E-state index < -0.39 is 35.5 Å². The fourth-order valence-electron chi connectivity index (χ4n) is 4.31. The number of rotatable bonds is 4. The molecule has 32 heavy (non-hydrogen) atoms. The summed E-state index contributed by atoms with van der Waals surface area (Å²) in [5.41, 5.74) is 0.760. The Hall–Kier alpha value is -3.42. The van der Waals surface area contributed by atoms with Crippen LogP contribution >= 0.6 is 0 Å². The first-order valence-corrected chi connectivity index (χ1v) is 10.4. The molecule has 1 amide bonds. The molecular weight excluding hydrogens is 414 g/mol. The summed E-state index contributed by atoms with van der Waals surface area (Å²) in [4.78, 5) is 27.2. The van der Waals surface area contributed by atoms with E-state index >= 15 is 0 Å². The molecule has 170 valence electrons. The third-order valence-corrected chi connectivity index (χ3v) is 5.70. The fourth-order valence-corrected chi connectivity index (χ4v) is 4.31. The van der Waals surface area contributed by atoms with Crippen molar-refractivity contribution in [2.75, 3.05) is 20.4 Å². The van der Waals surface area contributed by atoms with Gasteiger partial charge in [-0.2, -0.15) is 0 Å². The van der Waals surface area contributed by atoms with Gasteiger partial charge in [0.15, 0.2) is 11.5 Å². The normalized spacial score (nSPS) is 22.0. The van der Waals surface area contributed by atoms with Crippen LogP contribution in [0.3, 0.4) is 0 Å². The van der Waals surface area contributed by atoms with Gasteiger partial charge in [-0.15, -0.1) is 0 Å². The monoisotopic (exact) mass is 441 g/mol. The third kappa shape index (κ3) is 4.17. The summed E-state index contributed by atoms with van der Waals surface area (Å²) in [6, 6.07) is 11.8. The largest absolute Gasteiger partial charge is 0.497 e. The van der Waals surface area contributed by atoms with Crippen molar-refractivity contribution in [3.8, 4) is 17.2 Å². The number of carbonyl (C=O) groups excluding carboxylic acids is 1. The van der Waals surface area contributed by atoms with Crippen molar-refractivity contribution < 1.29 is 33.6 Å². The zero-order valence-electron chi connectivity index (χ0n) is 18.5. The molecule has 0 aliphatic carbocycles. The van der Waals surface area contributed by atoms with E-state index in [1.54, 1.807) is 64.3 Å². The Morgan fingerprint density at radius 2 is 1.69 bits per heavy atom. The Morgan fingerprint density at radius 3 is 2.31 bits per heavy atom. The molecule has 2 aliphatic rings. The maximum absolute atomic E-state index is 13.1. The first kappa shape index (κ1) is 21.8. The molecule has 1 N–H and O–H groups in total. The lowest BCUT2D eigenvalue weighted by molar-refractivity contribution is -0.143. The number of methoxy groups -OCH3 is 1. The van der Waals surface area contributed by atoms with Crippen LogP contribution in [0.4, 0.5) is 4.79 Å². The van der Waals surface area contributed by atoms with Gasteiger partial charge in [0.05, 0.1) is 19.1 Å². The van der Waals surface area contributed by atoms with Gasteiger partial charge in [0.25, 0.3) is 0 Å². The predicted molar refractivity (Wildman–Crippen MR) is 115 cm³/mol. The number of hydrogen-bond acceptors (Lipinski definition) is 6. The van der Waals surface area contributed by atoms with Gasteiger partial charge in [-0.05, 0) is 56.2 Å². The molecular formula is C24H27NO7. The lowest BCUT2D eigenvalue weighted by Gasteiger charge is -2.30. The number of aliphatic carboxylic acids is 1. The van der Waals surface area contributed by atoms with Gasteiger partial charge < -0.3 is 24.1 Å². The molecule has 3 unspecified atom stereocenters. The Morgan fingerprint density at radius 1 is 1.03 bits per heavy atom. The van der Waals surface area contributed by atoms with Gasteiger partial charge >= 0.3 is 12.1 Å². The summed E-state index contributed by atoms with van der Waals surface area (Å²) in [6.45, 7) is 5.68. The van der Waals surface area contributed by atoms with E-state index in [-0.39, 0.29) is 13.3 Å². The molecule has 0 radical (unpaired) electrons. The van der Waals surface area contributed by atoms with Gasteiger partial charge in [0.1, 0.15) is 11.4 Å².